The van der Waals surface area contributed by atoms with Crippen molar-refractivity contribution >= 4 is 5.71 Å². The van der Waals surface area contributed by atoms with Crippen molar-refractivity contribution in [3.63, 3.8) is 0 Å². The van der Waals surface area contributed by atoms with Gasteiger partial charge in [0.15, 0.2) is 0 Å². The SMILES string of the molecule is [N-]=[N+]=C1C=CC(N(CCO)Cc2ccccc2)=CC1. The van der Waals surface area contributed by atoms with Crippen LogP contribution >= 0.6 is 0 Å². The van der Waals surface area contributed by atoms with Crippen LogP contribution in [0.2, 0.25) is 0 Å². The van der Waals surface area contributed by atoms with E-state index < -0.39 is 0 Å². The molecule has 19 heavy (non-hydrogen) atoms. The summed E-state index contributed by atoms with van der Waals surface area (Å²) < 4.78 is 0. The summed E-state index contributed by atoms with van der Waals surface area (Å²) in [6, 6.07) is 10.1. The summed E-state index contributed by atoms with van der Waals surface area (Å²) >= 11 is 0. The monoisotopic (exact) mass is 255 g/mol. The van der Waals surface area contributed by atoms with Crippen LogP contribution in [0.5, 0.6) is 0 Å². The molecule has 2 rings (SSSR count). The van der Waals surface area contributed by atoms with E-state index in [-0.39, 0.29) is 6.61 Å². The van der Waals surface area contributed by atoms with Gasteiger partial charge in [0.2, 0.25) is 0 Å². The second-order valence-corrected chi connectivity index (χ2v) is 4.39. The Kier molecular flexibility index (Phi) is 4.67. The number of benzene rings is 1. The van der Waals surface area contributed by atoms with Crippen LogP contribution < -0.4 is 0 Å². The number of aliphatic hydroxyl groups excluding tert-OH is 1. The molecule has 1 aliphatic carbocycles. The lowest BCUT2D eigenvalue weighted by Gasteiger charge is -2.26. The molecule has 1 aliphatic rings. The average Bonchev–Trinajstić information content (AvgIpc) is 2.48. The molecule has 0 atom stereocenters. The zero-order valence-electron chi connectivity index (χ0n) is 10.7. The third-order valence-electron chi connectivity index (χ3n) is 3.05. The van der Waals surface area contributed by atoms with Gasteiger partial charge in [-0.2, -0.15) is 4.79 Å². The van der Waals surface area contributed by atoms with Gasteiger partial charge in [-0.15, -0.1) is 0 Å². The minimum atomic E-state index is 0.110. The standard InChI is InChI=1S/C15H17N3O/c16-17-14-6-8-15(9-7-14)18(10-11-19)12-13-4-2-1-3-5-13/h1-6,8-9,19H,7,10-12H2. The van der Waals surface area contributed by atoms with E-state index in [0.717, 1.165) is 12.2 Å². The van der Waals surface area contributed by atoms with Crippen molar-refractivity contribution in [2.24, 2.45) is 0 Å². The first-order valence-corrected chi connectivity index (χ1v) is 6.32. The molecule has 0 bridgehead atoms. The summed E-state index contributed by atoms with van der Waals surface area (Å²) in [6.07, 6.45) is 6.33. The van der Waals surface area contributed by atoms with Gasteiger partial charge in [-0.3, -0.25) is 0 Å². The van der Waals surface area contributed by atoms with Crippen LogP contribution in [0.4, 0.5) is 0 Å². The number of hydrogen-bond acceptors (Lipinski definition) is 2. The Labute approximate surface area is 112 Å². The molecular weight excluding hydrogens is 238 g/mol. The maximum atomic E-state index is 9.19. The average molecular weight is 255 g/mol. The lowest BCUT2D eigenvalue weighted by molar-refractivity contribution is -0.00547. The molecule has 0 aromatic heterocycles. The molecule has 0 heterocycles. The molecule has 0 amide bonds. The highest BCUT2D eigenvalue weighted by Crippen LogP contribution is 2.16. The van der Waals surface area contributed by atoms with Crippen molar-refractivity contribution < 1.29 is 9.90 Å². The van der Waals surface area contributed by atoms with Gasteiger partial charge >= 0.3 is 0 Å². The fraction of sp³-hybridized carbons (Fsp3) is 0.267. The molecule has 1 aromatic rings. The third kappa shape index (κ3) is 3.65. The topological polar surface area (TPSA) is 59.9 Å². The Bertz CT molecular complexity index is 528. The molecule has 1 aromatic carbocycles. The molecule has 0 spiro atoms. The Balaban J connectivity index is 2.11. The molecule has 0 saturated carbocycles. The summed E-state index contributed by atoms with van der Waals surface area (Å²) in [5.74, 6) is 0. The smallest absolute Gasteiger partial charge is 0.295 e. The van der Waals surface area contributed by atoms with Crippen molar-refractivity contribution in [2.75, 3.05) is 13.2 Å². The van der Waals surface area contributed by atoms with E-state index in [0.29, 0.717) is 18.7 Å². The van der Waals surface area contributed by atoms with Gasteiger partial charge in [-0.05, 0) is 17.7 Å². The van der Waals surface area contributed by atoms with Crippen molar-refractivity contribution in [2.45, 2.75) is 13.0 Å². The Morgan fingerprint density at radius 1 is 1.21 bits per heavy atom. The van der Waals surface area contributed by atoms with Crippen molar-refractivity contribution in [3.8, 4) is 0 Å². The zero-order chi connectivity index (χ0) is 13.5. The van der Waals surface area contributed by atoms with Crippen molar-refractivity contribution in [1.82, 2.24) is 4.90 Å². The number of aliphatic hydroxyl groups is 1. The predicted molar refractivity (Wildman–Crippen MR) is 74.4 cm³/mol. The molecule has 0 saturated heterocycles. The maximum Gasteiger partial charge on any atom is 0.295 e. The highest BCUT2D eigenvalue weighted by molar-refractivity contribution is 5.92. The lowest BCUT2D eigenvalue weighted by atomic mass is 10.1. The molecule has 4 nitrogen and oxygen atoms in total. The van der Waals surface area contributed by atoms with Crippen LogP contribution in [0.1, 0.15) is 12.0 Å². The number of nitrogens with zero attached hydrogens (tertiary/aromatic N) is 3. The largest absolute Gasteiger partial charge is 0.395 e. The summed E-state index contributed by atoms with van der Waals surface area (Å²) in [6.45, 7) is 1.44. The van der Waals surface area contributed by atoms with Crippen LogP contribution in [0.3, 0.4) is 0 Å². The summed E-state index contributed by atoms with van der Waals surface area (Å²) in [5.41, 5.74) is 11.6. The summed E-state index contributed by atoms with van der Waals surface area (Å²) in [4.78, 5) is 5.30. The molecule has 4 heteroatoms. The van der Waals surface area contributed by atoms with E-state index in [1.807, 2.05) is 30.4 Å². The number of hydrogen-bond donors (Lipinski definition) is 1. The fourth-order valence-electron chi connectivity index (χ4n) is 2.06. The van der Waals surface area contributed by atoms with E-state index in [2.05, 4.69) is 21.8 Å². The fourth-order valence-corrected chi connectivity index (χ4v) is 2.06. The molecule has 0 radical (unpaired) electrons. The van der Waals surface area contributed by atoms with Gasteiger partial charge in [-0.1, -0.05) is 30.3 Å². The van der Waals surface area contributed by atoms with E-state index in [9.17, 15) is 5.11 Å². The highest BCUT2D eigenvalue weighted by atomic mass is 16.3. The highest BCUT2D eigenvalue weighted by Gasteiger charge is 2.13. The molecular formula is C15H17N3O. The predicted octanol–water partition coefficient (Wildman–Crippen LogP) is 2.00. The maximum absolute atomic E-state index is 9.19. The third-order valence-corrected chi connectivity index (χ3v) is 3.05. The van der Waals surface area contributed by atoms with E-state index in [4.69, 9.17) is 5.53 Å². The molecule has 0 fully saturated rings. The summed E-state index contributed by atoms with van der Waals surface area (Å²) in [7, 11) is 0. The first-order chi connectivity index (χ1) is 9.33. The lowest BCUT2D eigenvalue weighted by Crippen LogP contribution is -2.26. The number of rotatable bonds is 5. The van der Waals surface area contributed by atoms with Crippen LogP contribution in [0.15, 0.2) is 54.3 Å². The van der Waals surface area contributed by atoms with Crippen molar-refractivity contribution in [1.29, 1.82) is 0 Å². The minimum absolute atomic E-state index is 0.110. The zero-order valence-corrected chi connectivity index (χ0v) is 10.7. The molecule has 0 aliphatic heterocycles. The molecule has 1 N–H and O–H groups in total. The first-order valence-electron chi connectivity index (χ1n) is 6.32. The second-order valence-electron chi connectivity index (χ2n) is 4.39. The second kappa shape index (κ2) is 6.69. The van der Waals surface area contributed by atoms with Gasteiger partial charge in [0.25, 0.3) is 5.71 Å². The van der Waals surface area contributed by atoms with E-state index in [1.165, 1.54) is 5.56 Å². The van der Waals surface area contributed by atoms with Gasteiger partial charge in [-0.25, -0.2) is 0 Å². The quantitative estimate of drug-likeness (QED) is 0.646. The number of allylic oxidation sites excluding steroid dienone is 3. The van der Waals surface area contributed by atoms with Gasteiger partial charge in [0, 0.05) is 24.9 Å². The van der Waals surface area contributed by atoms with Crippen molar-refractivity contribution in [3.05, 3.63) is 65.4 Å². The molecule has 0 unspecified atom stereocenters. The molecule has 98 valence electrons. The van der Waals surface area contributed by atoms with Gasteiger partial charge < -0.3 is 15.5 Å². The van der Waals surface area contributed by atoms with Crippen LogP contribution in [-0.2, 0) is 6.54 Å². The Morgan fingerprint density at radius 3 is 2.58 bits per heavy atom. The van der Waals surface area contributed by atoms with Gasteiger partial charge in [0.05, 0.1) is 13.0 Å². The van der Waals surface area contributed by atoms with Crippen LogP contribution in [0, 0.1) is 0 Å². The first kappa shape index (κ1) is 13.3. The summed E-state index contributed by atoms with van der Waals surface area (Å²) in [5, 5.41) is 9.19. The normalized spacial score (nSPS) is 13.9. The van der Waals surface area contributed by atoms with Crippen LogP contribution in [0.25, 0.3) is 5.53 Å². The van der Waals surface area contributed by atoms with E-state index >= 15 is 0 Å². The minimum Gasteiger partial charge on any atom is -0.395 e. The van der Waals surface area contributed by atoms with Crippen LogP contribution in [-0.4, -0.2) is 33.7 Å². The van der Waals surface area contributed by atoms with Gasteiger partial charge in [0.1, 0.15) is 0 Å². The Morgan fingerprint density at radius 2 is 2.00 bits per heavy atom. The van der Waals surface area contributed by atoms with E-state index in [1.54, 1.807) is 6.08 Å². The Hall–Kier alpha value is -2.16.